The van der Waals surface area contributed by atoms with Crippen LogP contribution in [0.1, 0.15) is 71.1 Å². The minimum Gasteiger partial charge on any atom is -0.339 e. The fourth-order valence-electron chi connectivity index (χ4n) is 4.93. The Balaban J connectivity index is 1.47. The van der Waals surface area contributed by atoms with Crippen LogP contribution in [0, 0.1) is 11.8 Å². The van der Waals surface area contributed by atoms with Crippen molar-refractivity contribution in [2.45, 2.75) is 76.7 Å². The van der Waals surface area contributed by atoms with E-state index in [4.69, 9.17) is 5.73 Å². The number of hydrogen-bond acceptors (Lipinski definition) is 3. The molecule has 25 heavy (non-hydrogen) atoms. The van der Waals surface area contributed by atoms with Crippen LogP contribution in [-0.4, -0.2) is 53.3 Å². The molecule has 2 amide bonds. The molecule has 1 aliphatic heterocycles. The smallest absolute Gasteiger partial charge is 0.227 e. The number of nitrogens with zero attached hydrogens (tertiary/aromatic N) is 2. The van der Waals surface area contributed by atoms with Crippen molar-refractivity contribution in [2.24, 2.45) is 17.6 Å². The third-order valence-corrected chi connectivity index (χ3v) is 6.68. The van der Waals surface area contributed by atoms with Gasteiger partial charge in [0.05, 0.1) is 5.92 Å². The summed E-state index contributed by atoms with van der Waals surface area (Å²) < 4.78 is 0. The van der Waals surface area contributed by atoms with Crippen LogP contribution < -0.4 is 5.73 Å². The third-order valence-electron chi connectivity index (χ3n) is 6.68. The van der Waals surface area contributed by atoms with E-state index >= 15 is 0 Å². The second kappa shape index (κ2) is 8.07. The lowest BCUT2D eigenvalue weighted by atomic mass is 9.74. The van der Waals surface area contributed by atoms with Crippen LogP contribution in [0.5, 0.6) is 0 Å². The Morgan fingerprint density at radius 3 is 2.16 bits per heavy atom. The highest BCUT2D eigenvalue weighted by atomic mass is 16.2. The molecule has 142 valence electrons. The first-order chi connectivity index (χ1) is 12.0. The van der Waals surface area contributed by atoms with Gasteiger partial charge in [0.15, 0.2) is 0 Å². The van der Waals surface area contributed by atoms with E-state index in [1.54, 1.807) is 0 Å². The molecule has 0 bridgehead atoms. The highest BCUT2D eigenvalue weighted by Gasteiger charge is 2.40. The molecule has 2 N–H and O–H groups in total. The van der Waals surface area contributed by atoms with Crippen molar-refractivity contribution < 1.29 is 9.59 Å². The number of piperazine rings is 1. The number of rotatable bonds is 3. The predicted molar refractivity (Wildman–Crippen MR) is 98.9 cm³/mol. The van der Waals surface area contributed by atoms with Gasteiger partial charge in [-0.3, -0.25) is 9.59 Å². The Kier molecular flexibility index (Phi) is 6.03. The zero-order valence-corrected chi connectivity index (χ0v) is 15.8. The number of nitrogens with two attached hydrogens (primary N) is 1. The van der Waals surface area contributed by atoms with Gasteiger partial charge in [-0.05, 0) is 38.5 Å². The Morgan fingerprint density at radius 2 is 1.52 bits per heavy atom. The van der Waals surface area contributed by atoms with E-state index in [1.807, 2.05) is 16.7 Å². The van der Waals surface area contributed by atoms with Crippen LogP contribution in [0.25, 0.3) is 0 Å². The summed E-state index contributed by atoms with van der Waals surface area (Å²) in [6, 6.07) is 0. The number of hydrogen-bond donors (Lipinski definition) is 1. The number of carbonyl (C=O) groups is 2. The van der Waals surface area contributed by atoms with E-state index in [-0.39, 0.29) is 17.4 Å². The fourth-order valence-corrected chi connectivity index (χ4v) is 4.93. The molecule has 0 aromatic carbocycles. The summed E-state index contributed by atoms with van der Waals surface area (Å²) in [5.41, 5.74) is 6.03. The van der Waals surface area contributed by atoms with Crippen LogP contribution >= 0.6 is 0 Å². The van der Waals surface area contributed by atoms with Crippen molar-refractivity contribution in [1.29, 1.82) is 0 Å². The molecule has 0 aromatic heterocycles. The lowest BCUT2D eigenvalue weighted by Gasteiger charge is -2.42. The molecule has 0 spiro atoms. The van der Waals surface area contributed by atoms with E-state index < -0.39 is 0 Å². The summed E-state index contributed by atoms with van der Waals surface area (Å²) in [6.07, 6.45) is 11.1. The van der Waals surface area contributed by atoms with E-state index in [0.717, 1.165) is 25.7 Å². The molecule has 2 unspecified atom stereocenters. The Hall–Kier alpha value is -1.10. The lowest BCUT2D eigenvalue weighted by molar-refractivity contribution is -0.145. The lowest BCUT2D eigenvalue weighted by Crippen LogP contribution is -2.57. The third kappa shape index (κ3) is 4.55. The SMILES string of the molecule is CC1(N)CCCCC1C(=O)N1CCN(C(=O)CC2CCCCC2)CC1. The van der Waals surface area contributed by atoms with Gasteiger partial charge in [-0.15, -0.1) is 0 Å². The standard InChI is InChI=1S/C20H35N3O2/c1-20(21)10-6-5-9-17(20)19(25)23-13-11-22(12-14-23)18(24)15-16-7-3-2-4-8-16/h16-17H,2-15,21H2,1H3. The van der Waals surface area contributed by atoms with Gasteiger partial charge in [0.25, 0.3) is 0 Å². The van der Waals surface area contributed by atoms with Crippen LogP contribution in [0.4, 0.5) is 0 Å². The normalized spacial score (nSPS) is 31.8. The second-order valence-corrected chi connectivity index (χ2v) is 8.72. The van der Waals surface area contributed by atoms with E-state index in [0.29, 0.717) is 44.4 Å². The zero-order valence-electron chi connectivity index (χ0n) is 15.8. The summed E-state index contributed by atoms with van der Waals surface area (Å²) in [5.74, 6) is 1.04. The second-order valence-electron chi connectivity index (χ2n) is 8.72. The van der Waals surface area contributed by atoms with E-state index in [1.165, 1.54) is 32.1 Å². The highest BCUT2D eigenvalue weighted by molar-refractivity contribution is 5.81. The maximum absolute atomic E-state index is 12.9. The van der Waals surface area contributed by atoms with E-state index in [2.05, 4.69) is 0 Å². The van der Waals surface area contributed by atoms with Crippen molar-refractivity contribution in [2.75, 3.05) is 26.2 Å². The van der Waals surface area contributed by atoms with Gasteiger partial charge < -0.3 is 15.5 Å². The first-order valence-corrected chi connectivity index (χ1v) is 10.3. The van der Waals surface area contributed by atoms with Crippen molar-refractivity contribution in [3.05, 3.63) is 0 Å². The average molecular weight is 350 g/mol. The van der Waals surface area contributed by atoms with Gasteiger partial charge >= 0.3 is 0 Å². The molecule has 2 atom stereocenters. The maximum atomic E-state index is 12.9. The van der Waals surface area contributed by atoms with Gasteiger partial charge in [0, 0.05) is 38.1 Å². The number of carbonyl (C=O) groups excluding carboxylic acids is 2. The van der Waals surface area contributed by atoms with Crippen LogP contribution in [-0.2, 0) is 9.59 Å². The molecule has 3 rings (SSSR count). The quantitative estimate of drug-likeness (QED) is 0.851. The maximum Gasteiger partial charge on any atom is 0.227 e. The van der Waals surface area contributed by atoms with Gasteiger partial charge in [-0.1, -0.05) is 32.1 Å². The molecular formula is C20H35N3O2. The van der Waals surface area contributed by atoms with Crippen molar-refractivity contribution >= 4 is 11.8 Å². The number of amides is 2. The van der Waals surface area contributed by atoms with Gasteiger partial charge in [0.2, 0.25) is 11.8 Å². The molecule has 5 nitrogen and oxygen atoms in total. The summed E-state index contributed by atoms with van der Waals surface area (Å²) in [6.45, 7) is 4.74. The topological polar surface area (TPSA) is 66.6 Å². The molecular weight excluding hydrogens is 314 g/mol. The molecule has 1 saturated heterocycles. The van der Waals surface area contributed by atoms with E-state index in [9.17, 15) is 9.59 Å². The van der Waals surface area contributed by atoms with Crippen molar-refractivity contribution in [3.63, 3.8) is 0 Å². The summed E-state index contributed by atoms with van der Waals surface area (Å²) in [7, 11) is 0. The minimum atomic E-state index is -0.372. The average Bonchev–Trinajstić information content (AvgIpc) is 2.62. The molecule has 0 aromatic rings. The first kappa shape index (κ1) is 18.7. The Labute approximate surface area is 152 Å². The summed E-state index contributed by atoms with van der Waals surface area (Å²) >= 11 is 0. The summed E-state index contributed by atoms with van der Waals surface area (Å²) in [5, 5.41) is 0. The molecule has 2 aliphatic carbocycles. The van der Waals surface area contributed by atoms with Crippen LogP contribution in [0.15, 0.2) is 0 Å². The molecule has 3 aliphatic rings. The molecule has 5 heteroatoms. The first-order valence-electron chi connectivity index (χ1n) is 10.3. The van der Waals surface area contributed by atoms with Gasteiger partial charge in [0.1, 0.15) is 0 Å². The monoisotopic (exact) mass is 349 g/mol. The van der Waals surface area contributed by atoms with Crippen LogP contribution in [0.3, 0.4) is 0 Å². The Morgan fingerprint density at radius 1 is 0.920 bits per heavy atom. The summed E-state index contributed by atoms with van der Waals surface area (Å²) in [4.78, 5) is 29.4. The molecule has 0 radical (unpaired) electrons. The Bertz CT molecular complexity index is 477. The zero-order chi connectivity index (χ0) is 17.9. The predicted octanol–water partition coefficient (Wildman–Crippen LogP) is 2.54. The fraction of sp³-hybridized carbons (Fsp3) is 0.900. The van der Waals surface area contributed by atoms with Gasteiger partial charge in [-0.25, -0.2) is 0 Å². The van der Waals surface area contributed by atoms with Gasteiger partial charge in [-0.2, -0.15) is 0 Å². The van der Waals surface area contributed by atoms with Crippen molar-refractivity contribution in [1.82, 2.24) is 9.80 Å². The highest BCUT2D eigenvalue weighted by Crippen LogP contribution is 2.33. The molecule has 1 heterocycles. The molecule has 2 saturated carbocycles. The van der Waals surface area contributed by atoms with Crippen molar-refractivity contribution in [3.8, 4) is 0 Å². The molecule has 3 fully saturated rings. The largest absolute Gasteiger partial charge is 0.339 e. The van der Waals surface area contributed by atoms with Crippen LogP contribution in [0.2, 0.25) is 0 Å². The minimum absolute atomic E-state index is 0.0502.